The van der Waals surface area contributed by atoms with Crippen molar-refractivity contribution in [3.05, 3.63) is 59.3 Å². The number of rotatable bonds is 3. The Labute approximate surface area is 101 Å². The third-order valence-electron chi connectivity index (χ3n) is 2.72. The summed E-state index contributed by atoms with van der Waals surface area (Å²) < 4.78 is 5.04. The summed E-state index contributed by atoms with van der Waals surface area (Å²) in [5.41, 5.74) is 2.44. The maximum Gasteiger partial charge on any atom is 0.213 e. The van der Waals surface area contributed by atoms with Crippen LogP contribution in [0, 0.1) is 6.92 Å². The van der Waals surface area contributed by atoms with E-state index in [4.69, 9.17) is 4.74 Å². The van der Waals surface area contributed by atoms with Gasteiger partial charge in [-0.2, -0.15) is 0 Å². The minimum Gasteiger partial charge on any atom is -0.481 e. The van der Waals surface area contributed by atoms with Crippen LogP contribution in [0.1, 0.15) is 22.9 Å². The number of methoxy groups -OCH3 is 1. The fourth-order valence-corrected chi connectivity index (χ4v) is 1.77. The zero-order valence-corrected chi connectivity index (χ0v) is 9.92. The van der Waals surface area contributed by atoms with Gasteiger partial charge in [0.1, 0.15) is 6.10 Å². The number of hydrogen-bond donors (Lipinski definition) is 1. The second kappa shape index (κ2) is 4.97. The molecule has 0 saturated heterocycles. The lowest BCUT2D eigenvalue weighted by atomic mass is 10.0. The number of pyridine rings is 1. The number of aromatic nitrogens is 1. The van der Waals surface area contributed by atoms with E-state index < -0.39 is 6.10 Å². The van der Waals surface area contributed by atoms with Crippen molar-refractivity contribution in [2.75, 3.05) is 7.11 Å². The third-order valence-corrected chi connectivity index (χ3v) is 2.72. The molecular formula is C14H15NO2. The second-order valence-electron chi connectivity index (χ2n) is 3.84. The van der Waals surface area contributed by atoms with Crippen LogP contribution in [0.2, 0.25) is 0 Å². The lowest BCUT2D eigenvalue weighted by Crippen LogP contribution is -2.04. The Balaban J connectivity index is 2.34. The van der Waals surface area contributed by atoms with Gasteiger partial charge in [-0.1, -0.05) is 30.3 Å². The summed E-state index contributed by atoms with van der Waals surface area (Å²) in [5, 5.41) is 10.3. The van der Waals surface area contributed by atoms with Gasteiger partial charge in [0, 0.05) is 17.3 Å². The lowest BCUT2D eigenvalue weighted by molar-refractivity contribution is 0.218. The first-order chi connectivity index (χ1) is 8.22. The van der Waals surface area contributed by atoms with Gasteiger partial charge in [-0.05, 0) is 18.6 Å². The molecule has 1 aromatic carbocycles. The molecule has 2 aromatic rings. The van der Waals surface area contributed by atoms with Gasteiger partial charge in [-0.15, -0.1) is 0 Å². The van der Waals surface area contributed by atoms with Crippen molar-refractivity contribution in [1.29, 1.82) is 0 Å². The minimum absolute atomic E-state index is 0.562. The van der Waals surface area contributed by atoms with Gasteiger partial charge >= 0.3 is 0 Å². The summed E-state index contributed by atoms with van der Waals surface area (Å²) in [6, 6.07) is 13.1. The standard InChI is InChI=1S/C14H15NO2/c1-10-12(8-9-13(15-10)17-2)14(16)11-6-4-3-5-7-11/h3-9,14,16H,1-2H3. The van der Waals surface area contributed by atoms with Crippen molar-refractivity contribution >= 4 is 0 Å². The molecule has 3 nitrogen and oxygen atoms in total. The van der Waals surface area contributed by atoms with E-state index in [0.717, 1.165) is 16.8 Å². The Kier molecular flexibility index (Phi) is 3.40. The van der Waals surface area contributed by atoms with E-state index in [1.54, 1.807) is 13.2 Å². The zero-order valence-electron chi connectivity index (χ0n) is 9.92. The van der Waals surface area contributed by atoms with Crippen molar-refractivity contribution < 1.29 is 9.84 Å². The number of ether oxygens (including phenoxy) is 1. The van der Waals surface area contributed by atoms with Gasteiger partial charge in [0.05, 0.1) is 7.11 Å². The molecule has 0 amide bonds. The molecule has 0 aliphatic rings. The second-order valence-corrected chi connectivity index (χ2v) is 3.84. The Morgan fingerprint density at radius 1 is 1.12 bits per heavy atom. The van der Waals surface area contributed by atoms with Gasteiger partial charge in [-0.25, -0.2) is 4.98 Å². The minimum atomic E-state index is -0.644. The maximum atomic E-state index is 10.3. The predicted octanol–water partition coefficient (Wildman–Crippen LogP) is 2.48. The highest BCUT2D eigenvalue weighted by atomic mass is 16.5. The molecule has 1 aromatic heterocycles. The molecule has 1 heterocycles. The molecule has 88 valence electrons. The van der Waals surface area contributed by atoms with E-state index in [2.05, 4.69) is 4.98 Å². The van der Waals surface area contributed by atoms with E-state index in [1.807, 2.05) is 43.3 Å². The number of aliphatic hydroxyl groups is 1. The Bertz CT molecular complexity index is 497. The quantitative estimate of drug-likeness (QED) is 0.879. The third kappa shape index (κ3) is 2.45. The molecule has 0 spiro atoms. The van der Waals surface area contributed by atoms with E-state index in [0.29, 0.717) is 5.88 Å². The van der Waals surface area contributed by atoms with Crippen LogP contribution in [0.4, 0.5) is 0 Å². The van der Waals surface area contributed by atoms with E-state index in [1.165, 1.54) is 0 Å². The van der Waals surface area contributed by atoms with Gasteiger partial charge in [-0.3, -0.25) is 0 Å². The van der Waals surface area contributed by atoms with Crippen LogP contribution in [-0.4, -0.2) is 17.2 Å². The van der Waals surface area contributed by atoms with Crippen LogP contribution >= 0.6 is 0 Å². The Hall–Kier alpha value is -1.87. The smallest absolute Gasteiger partial charge is 0.213 e. The highest BCUT2D eigenvalue weighted by Gasteiger charge is 2.13. The summed E-state index contributed by atoms with van der Waals surface area (Å²) in [7, 11) is 1.58. The first-order valence-electron chi connectivity index (χ1n) is 5.47. The van der Waals surface area contributed by atoms with Crippen molar-refractivity contribution in [2.24, 2.45) is 0 Å². The summed E-state index contributed by atoms with van der Waals surface area (Å²) in [6.07, 6.45) is -0.644. The molecule has 2 rings (SSSR count). The Morgan fingerprint density at radius 3 is 2.41 bits per heavy atom. The molecule has 0 aliphatic carbocycles. The SMILES string of the molecule is COc1ccc(C(O)c2ccccc2)c(C)n1. The van der Waals surface area contributed by atoms with Crippen LogP contribution in [0.5, 0.6) is 5.88 Å². The molecule has 0 aliphatic heterocycles. The van der Waals surface area contributed by atoms with E-state index in [9.17, 15) is 5.11 Å². The Morgan fingerprint density at radius 2 is 1.82 bits per heavy atom. The molecule has 1 atom stereocenters. The van der Waals surface area contributed by atoms with E-state index >= 15 is 0 Å². The molecule has 17 heavy (non-hydrogen) atoms. The molecule has 1 unspecified atom stereocenters. The van der Waals surface area contributed by atoms with Crippen LogP contribution in [0.15, 0.2) is 42.5 Å². The maximum absolute atomic E-state index is 10.3. The topological polar surface area (TPSA) is 42.4 Å². The van der Waals surface area contributed by atoms with Crippen LogP contribution in [0.3, 0.4) is 0 Å². The largest absolute Gasteiger partial charge is 0.481 e. The number of aliphatic hydroxyl groups excluding tert-OH is 1. The molecular weight excluding hydrogens is 214 g/mol. The van der Waals surface area contributed by atoms with Crippen molar-refractivity contribution in [1.82, 2.24) is 4.98 Å². The fourth-order valence-electron chi connectivity index (χ4n) is 1.77. The van der Waals surface area contributed by atoms with Crippen LogP contribution < -0.4 is 4.74 Å². The van der Waals surface area contributed by atoms with E-state index in [-0.39, 0.29) is 0 Å². The highest BCUT2D eigenvalue weighted by molar-refractivity contribution is 5.34. The normalized spacial score (nSPS) is 12.2. The van der Waals surface area contributed by atoms with Crippen molar-refractivity contribution in [3.8, 4) is 5.88 Å². The van der Waals surface area contributed by atoms with Gasteiger partial charge < -0.3 is 9.84 Å². The molecule has 0 radical (unpaired) electrons. The van der Waals surface area contributed by atoms with Crippen molar-refractivity contribution in [2.45, 2.75) is 13.0 Å². The van der Waals surface area contributed by atoms with Crippen molar-refractivity contribution in [3.63, 3.8) is 0 Å². The summed E-state index contributed by atoms with van der Waals surface area (Å²) in [4.78, 5) is 4.26. The monoisotopic (exact) mass is 229 g/mol. The number of nitrogens with zero attached hydrogens (tertiary/aromatic N) is 1. The zero-order chi connectivity index (χ0) is 12.3. The summed E-state index contributed by atoms with van der Waals surface area (Å²) >= 11 is 0. The molecule has 1 N–H and O–H groups in total. The first-order valence-corrected chi connectivity index (χ1v) is 5.47. The average Bonchev–Trinajstić information content (AvgIpc) is 2.39. The lowest BCUT2D eigenvalue weighted by Gasteiger charge is -2.14. The van der Waals surface area contributed by atoms with Gasteiger partial charge in [0.15, 0.2) is 0 Å². The van der Waals surface area contributed by atoms with Crippen LogP contribution in [0.25, 0.3) is 0 Å². The van der Waals surface area contributed by atoms with Gasteiger partial charge in [0.25, 0.3) is 0 Å². The molecule has 0 bridgehead atoms. The fraction of sp³-hybridized carbons (Fsp3) is 0.214. The number of hydrogen-bond acceptors (Lipinski definition) is 3. The molecule has 0 fully saturated rings. The molecule has 0 saturated carbocycles. The van der Waals surface area contributed by atoms with Gasteiger partial charge in [0.2, 0.25) is 5.88 Å². The predicted molar refractivity (Wildman–Crippen MR) is 66.0 cm³/mol. The average molecular weight is 229 g/mol. The molecule has 3 heteroatoms. The number of benzene rings is 1. The number of aryl methyl sites for hydroxylation is 1. The summed E-state index contributed by atoms with van der Waals surface area (Å²) in [5.74, 6) is 0.562. The summed E-state index contributed by atoms with van der Waals surface area (Å²) in [6.45, 7) is 1.87. The highest BCUT2D eigenvalue weighted by Crippen LogP contribution is 2.25. The first kappa shape index (κ1) is 11.6. The van der Waals surface area contributed by atoms with Crippen LogP contribution in [-0.2, 0) is 0 Å².